The topological polar surface area (TPSA) is 88.1 Å². The number of methoxy groups -OCH3 is 1. The zero-order valence-electron chi connectivity index (χ0n) is 14.6. The summed E-state index contributed by atoms with van der Waals surface area (Å²) in [6.07, 6.45) is 1.27. The fourth-order valence-electron chi connectivity index (χ4n) is 2.14. The first-order valence-corrected chi connectivity index (χ1v) is 8.57. The molecule has 0 bridgehead atoms. The molecule has 140 valence electrons. The van der Waals surface area contributed by atoms with E-state index in [-0.39, 0.29) is 22.9 Å². The van der Waals surface area contributed by atoms with E-state index in [9.17, 15) is 14.4 Å². The molecule has 0 radical (unpaired) electrons. The van der Waals surface area contributed by atoms with Crippen molar-refractivity contribution in [3.8, 4) is 0 Å². The predicted molar refractivity (Wildman–Crippen MR) is 97.4 cm³/mol. The number of carbonyl (C=O) groups is 3. The third-order valence-electron chi connectivity index (χ3n) is 3.33. The molecule has 1 saturated heterocycles. The molecule has 9 heteroatoms. The van der Waals surface area contributed by atoms with Crippen LogP contribution in [0, 0.1) is 0 Å². The number of likely N-dealkylation sites (N-methyl/N-ethyl adjacent to an activating group) is 1. The van der Waals surface area contributed by atoms with Gasteiger partial charge in [0.2, 0.25) is 5.91 Å². The fourth-order valence-corrected chi connectivity index (χ4v) is 3.22. The van der Waals surface area contributed by atoms with Crippen molar-refractivity contribution in [3.05, 3.63) is 40.8 Å². The van der Waals surface area contributed by atoms with E-state index < -0.39 is 11.9 Å². The Hall–Kier alpha value is -2.13. The van der Waals surface area contributed by atoms with E-state index in [0.29, 0.717) is 34.4 Å². The highest BCUT2D eigenvalue weighted by Crippen LogP contribution is 2.30. The Labute approximate surface area is 166 Å². The Bertz CT molecular complexity index is 747. The largest absolute Gasteiger partial charge is 1.00 e. The number of aliphatic imine (C=N–C) groups is 1. The summed E-state index contributed by atoms with van der Waals surface area (Å²) in [5.41, 5.74) is 0.902. The standard InChI is InChI=1S/C17H19N3O4S.BrH/c1-4-18-17-20(5-2)15(22)13(25-17)10-14(21)19-12-8-6-11(7-9-12)16(23)24-3;/h6-10H,4-5H2,1-3H3,(H,19,21);1H/p-1/b13-10-,18-17?;. The van der Waals surface area contributed by atoms with Crippen LogP contribution in [0.1, 0.15) is 24.2 Å². The number of esters is 1. The molecule has 1 N–H and O–H groups in total. The predicted octanol–water partition coefficient (Wildman–Crippen LogP) is -0.729. The van der Waals surface area contributed by atoms with Crippen LogP contribution in [0.4, 0.5) is 5.69 Å². The summed E-state index contributed by atoms with van der Waals surface area (Å²) >= 11 is 1.19. The van der Waals surface area contributed by atoms with E-state index >= 15 is 0 Å². The van der Waals surface area contributed by atoms with Crippen molar-refractivity contribution in [1.29, 1.82) is 0 Å². The molecule has 0 unspecified atom stereocenters. The minimum atomic E-state index is -0.449. The number of carbonyl (C=O) groups excluding carboxylic acids is 3. The second-order valence-electron chi connectivity index (χ2n) is 4.98. The first-order valence-electron chi connectivity index (χ1n) is 7.75. The highest BCUT2D eigenvalue weighted by atomic mass is 79.9. The van der Waals surface area contributed by atoms with Crippen molar-refractivity contribution in [2.24, 2.45) is 4.99 Å². The lowest BCUT2D eigenvalue weighted by atomic mass is 10.2. The van der Waals surface area contributed by atoms with Gasteiger partial charge in [-0.25, -0.2) is 4.79 Å². The van der Waals surface area contributed by atoms with Gasteiger partial charge in [-0.1, -0.05) is 0 Å². The molecule has 26 heavy (non-hydrogen) atoms. The average Bonchev–Trinajstić information content (AvgIpc) is 2.89. The van der Waals surface area contributed by atoms with E-state index in [0.717, 1.165) is 0 Å². The molecule has 1 fully saturated rings. The zero-order chi connectivity index (χ0) is 18.4. The molecule has 2 rings (SSSR count). The van der Waals surface area contributed by atoms with Crippen LogP contribution in [-0.2, 0) is 14.3 Å². The van der Waals surface area contributed by atoms with Crippen LogP contribution in [0.5, 0.6) is 0 Å². The van der Waals surface area contributed by atoms with Crippen molar-refractivity contribution in [2.75, 3.05) is 25.5 Å². The van der Waals surface area contributed by atoms with Crippen LogP contribution in [0.15, 0.2) is 40.2 Å². The minimum absolute atomic E-state index is 0. The van der Waals surface area contributed by atoms with Gasteiger partial charge >= 0.3 is 5.97 Å². The summed E-state index contributed by atoms with van der Waals surface area (Å²) in [6, 6.07) is 6.28. The number of benzene rings is 1. The number of hydrogen-bond acceptors (Lipinski definition) is 6. The van der Waals surface area contributed by atoms with Crippen LogP contribution < -0.4 is 22.3 Å². The number of rotatable bonds is 5. The van der Waals surface area contributed by atoms with E-state index in [1.54, 1.807) is 29.2 Å². The summed E-state index contributed by atoms with van der Waals surface area (Å²) in [4.78, 5) is 42.0. The third kappa shape index (κ3) is 5.18. The number of thioether (sulfide) groups is 1. The lowest BCUT2D eigenvalue weighted by molar-refractivity contribution is -0.122. The maximum absolute atomic E-state index is 12.3. The smallest absolute Gasteiger partial charge is 0.337 e. The molecule has 0 saturated carbocycles. The van der Waals surface area contributed by atoms with E-state index in [1.165, 1.54) is 24.9 Å². The second kappa shape index (κ2) is 10.1. The van der Waals surface area contributed by atoms with Crippen LogP contribution in [0.2, 0.25) is 0 Å². The number of nitrogens with one attached hydrogen (secondary N) is 1. The molecule has 1 heterocycles. The molecule has 0 atom stereocenters. The maximum atomic E-state index is 12.3. The van der Waals surface area contributed by atoms with Gasteiger partial charge in [-0.2, -0.15) is 0 Å². The Kier molecular flexibility index (Phi) is 8.53. The summed E-state index contributed by atoms with van der Waals surface area (Å²) in [5.74, 6) is -1.10. The van der Waals surface area contributed by atoms with Gasteiger partial charge in [-0.05, 0) is 49.9 Å². The number of nitrogens with zero attached hydrogens (tertiary/aromatic N) is 2. The van der Waals surface area contributed by atoms with Gasteiger partial charge in [-0.3, -0.25) is 19.5 Å². The first-order chi connectivity index (χ1) is 12.0. The highest BCUT2D eigenvalue weighted by Gasteiger charge is 2.32. The second-order valence-corrected chi connectivity index (χ2v) is 5.98. The molecule has 0 spiro atoms. The first kappa shape index (κ1) is 21.9. The van der Waals surface area contributed by atoms with Crippen molar-refractivity contribution in [3.63, 3.8) is 0 Å². The molecule has 7 nitrogen and oxygen atoms in total. The number of ether oxygens (including phenoxy) is 1. The molecule has 1 aromatic carbocycles. The molecule has 0 aromatic heterocycles. The minimum Gasteiger partial charge on any atom is -1.00 e. The number of halogens is 1. The van der Waals surface area contributed by atoms with Crippen molar-refractivity contribution in [2.45, 2.75) is 13.8 Å². The number of hydrogen-bond donors (Lipinski definition) is 1. The van der Waals surface area contributed by atoms with Crippen LogP contribution in [0.3, 0.4) is 0 Å². The Morgan fingerprint density at radius 2 is 1.92 bits per heavy atom. The molecular weight excluding hydrogens is 422 g/mol. The quantitative estimate of drug-likeness (QED) is 0.481. The average molecular weight is 441 g/mol. The number of anilines is 1. The lowest BCUT2D eigenvalue weighted by Crippen LogP contribution is -3.00. The normalized spacial score (nSPS) is 16.6. The Morgan fingerprint density at radius 1 is 1.27 bits per heavy atom. The number of amidine groups is 1. The third-order valence-corrected chi connectivity index (χ3v) is 4.38. The van der Waals surface area contributed by atoms with Crippen LogP contribution in [0.25, 0.3) is 0 Å². The van der Waals surface area contributed by atoms with Crippen LogP contribution >= 0.6 is 11.8 Å². The van der Waals surface area contributed by atoms with Gasteiger partial charge in [0, 0.05) is 24.9 Å². The van der Waals surface area contributed by atoms with Crippen molar-refractivity contribution < 1.29 is 36.1 Å². The summed E-state index contributed by atoms with van der Waals surface area (Å²) in [6.45, 7) is 4.81. The van der Waals surface area contributed by atoms with Gasteiger partial charge in [0.1, 0.15) is 0 Å². The van der Waals surface area contributed by atoms with Gasteiger partial charge in [0.15, 0.2) is 5.17 Å². The van der Waals surface area contributed by atoms with E-state index in [2.05, 4.69) is 15.0 Å². The Balaban J connectivity index is 0.00000338. The van der Waals surface area contributed by atoms with E-state index in [4.69, 9.17) is 0 Å². The molecular formula is C17H19BrN3O4S-. The van der Waals surface area contributed by atoms with Crippen molar-refractivity contribution >= 4 is 40.4 Å². The highest BCUT2D eigenvalue weighted by molar-refractivity contribution is 8.18. The number of amides is 2. The molecule has 1 aromatic rings. The van der Waals surface area contributed by atoms with Gasteiger partial charge in [0.05, 0.1) is 17.6 Å². The molecule has 2 amide bonds. The summed E-state index contributed by atoms with van der Waals surface area (Å²) in [5, 5.41) is 3.27. The fraction of sp³-hybridized carbons (Fsp3) is 0.294. The lowest BCUT2D eigenvalue weighted by Gasteiger charge is -2.11. The monoisotopic (exact) mass is 440 g/mol. The van der Waals surface area contributed by atoms with Gasteiger partial charge in [-0.15, -0.1) is 0 Å². The van der Waals surface area contributed by atoms with Crippen molar-refractivity contribution in [1.82, 2.24) is 4.90 Å². The van der Waals surface area contributed by atoms with Crippen LogP contribution in [-0.4, -0.2) is 48.1 Å². The summed E-state index contributed by atoms with van der Waals surface area (Å²) in [7, 11) is 1.30. The maximum Gasteiger partial charge on any atom is 0.337 e. The Morgan fingerprint density at radius 3 is 2.46 bits per heavy atom. The van der Waals surface area contributed by atoms with Gasteiger partial charge < -0.3 is 27.0 Å². The summed E-state index contributed by atoms with van der Waals surface area (Å²) < 4.78 is 4.62. The molecule has 1 aliphatic heterocycles. The SMILES string of the molecule is CCN=C1S/C(=C\C(=O)Nc2ccc(C(=O)OC)cc2)C(=O)N1CC.[Br-]. The molecule has 1 aliphatic rings. The van der Waals surface area contributed by atoms with Gasteiger partial charge in [0.25, 0.3) is 5.91 Å². The molecule has 0 aliphatic carbocycles. The van der Waals surface area contributed by atoms with E-state index in [1.807, 2.05) is 13.8 Å². The zero-order valence-corrected chi connectivity index (χ0v) is 17.0.